The molecule has 1 aliphatic heterocycles. The molecule has 0 radical (unpaired) electrons. The van der Waals surface area contributed by atoms with E-state index in [4.69, 9.17) is 4.98 Å². The summed E-state index contributed by atoms with van der Waals surface area (Å²) < 4.78 is 3.85. The van der Waals surface area contributed by atoms with Gasteiger partial charge in [0.15, 0.2) is 10.8 Å². The third-order valence-corrected chi connectivity index (χ3v) is 7.26. The van der Waals surface area contributed by atoms with Crippen LogP contribution < -0.4 is 5.32 Å². The van der Waals surface area contributed by atoms with Gasteiger partial charge in [0.1, 0.15) is 0 Å². The highest BCUT2D eigenvalue weighted by Crippen LogP contribution is 2.31. The molecule has 0 spiro atoms. The smallest absolute Gasteiger partial charge is 0.200 e. The fraction of sp³-hybridized carbons (Fsp3) is 0.280. The van der Waals surface area contributed by atoms with Crippen molar-refractivity contribution in [2.24, 2.45) is 13.0 Å². The number of hydrogen-bond acceptors (Lipinski definition) is 6. The zero-order chi connectivity index (χ0) is 22.2. The number of aromatic nitrogens is 6. The molecule has 0 unspecified atom stereocenters. The molecule has 7 nitrogen and oxygen atoms in total. The molecule has 1 aromatic carbocycles. The predicted molar refractivity (Wildman–Crippen MR) is 130 cm³/mol. The van der Waals surface area contributed by atoms with Crippen LogP contribution in [-0.4, -0.2) is 42.5 Å². The maximum absolute atomic E-state index is 4.72. The molecule has 0 amide bonds. The monoisotopic (exact) mass is 455 g/mol. The minimum absolute atomic E-state index is 0.749. The average molecular weight is 456 g/mol. The van der Waals surface area contributed by atoms with E-state index in [1.165, 1.54) is 23.8 Å². The molecule has 5 aromatic rings. The van der Waals surface area contributed by atoms with E-state index in [2.05, 4.69) is 57.1 Å². The zero-order valence-electron chi connectivity index (χ0n) is 18.5. The molecule has 0 atom stereocenters. The van der Waals surface area contributed by atoms with Crippen molar-refractivity contribution in [2.45, 2.75) is 29.3 Å². The fourth-order valence-corrected chi connectivity index (χ4v) is 5.39. The van der Waals surface area contributed by atoms with Crippen molar-refractivity contribution >= 4 is 28.3 Å². The Hall–Kier alpha value is -3.23. The first kappa shape index (κ1) is 20.4. The average Bonchev–Trinajstić information content (AvgIpc) is 3.45. The van der Waals surface area contributed by atoms with E-state index in [1.807, 2.05) is 40.8 Å². The van der Waals surface area contributed by atoms with Crippen molar-refractivity contribution in [1.82, 2.24) is 34.7 Å². The lowest BCUT2D eigenvalue weighted by Crippen LogP contribution is -2.28. The Labute approximate surface area is 196 Å². The van der Waals surface area contributed by atoms with Crippen LogP contribution in [0.15, 0.2) is 71.2 Å². The summed E-state index contributed by atoms with van der Waals surface area (Å²) in [6, 6.07) is 12.8. The normalized spacial score (nSPS) is 14.9. The van der Waals surface area contributed by atoms with Gasteiger partial charge in [-0.15, -0.1) is 10.2 Å². The van der Waals surface area contributed by atoms with Gasteiger partial charge in [-0.05, 0) is 92.0 Å². The molecule has 6 rings (SSSR count). The third kappa shape index (κ3) is 4.24. The summed E-state index contributed by atoms with van der Waals surface area (Å²) in [6.45, 7) is 2.25. The fourth-order valence-electron chi connectivity index (χ4n) is 4.54. The van der Waals surface area contributed by atoms with E-state index in [0.717, 1.165) is 57.8 Å². The topological polar surface area (TPSA) is 72.9 Å². The molecule has 1 saturated heterocycles. The van der Waals surface area contributed by atoms with E-state index in [9.17, 15) is 0 Å². The number of hydrogen-bond donors (Lipinski definition) is 1. The van der Waals surface area contributed by atoms with Crippen molar-refractivity contribution < 1.29 is 0 Å². The molecule has 0 saturated carbocycles. The van der Waals surface area contributed by atoms with E-state index >= 15 is 0 Å². The van der Waals surface area contributed by atoms with E-state index < -0.39 is 0 Å². The molecule has 0 bridgehead atoms. The molecule has 166 valence electrons. The van der Waals surface area contributed by atoms with Gasteiger partial charge in [-0.25, -0.2) is 0 Å². The lowest BCUT2D eigenvalue weighted by atomic mass is 9.91. The summed E-state index contributed by atoms with van der Waals surface area (Å²) >= 11 is 1.62. The van der Waals surface area contributed by atoms with Gasteiger partial charge in [0.25, 0.3) is 0 Å². The highest BCUT2D eigenvalue weighted by Gasteiger charge is 2.14. The number of fused-ring (bicyclic) bond motifs is 2. The van der Waals surface area contributed by atoms with Crippen LogP contribution in [0.3, 0.4) is 0 Å². The van der Waals surface area contributed by atoms with E-state index in [0.29, 0.717) is 0 Å². The standard InChI is InChI=1S/C25H25N7S/c1-31-15-21(14-28-31)19-2-5-24-29-30-25(32(24)16-19)33-22-3-4-23-20(12-22)11-18(13-27-23)10-17-6-8-26-9-7-17/h2-5,11-17,26H,6-10H2,1H3. The van der Waals surface area contributed by atoms with Crippen molar-refractivity contribution in [2.75, 3.05) is 13.1 Å². The van der Waals surface area contributed by atoms with Crippen LogP contribution in [-0.2, 0) is 13.5 Å². The highest BCUT2D eigenvalue weighted by molar-refractivity contribution is 7.99. The quantitative estimate of drug-likeness (QED) is 0.424. The largest absolute Gasteiger partial charge is 0.317 e. The molecule has 1 aliphatic rings. The molecule has 8 heteroatoms. The van der Waals surface area contributed by atoms with Crippen LogP contribution in [0, 0.1) is 5.92 Å². The first-order valence-electron chi connectivity index (χ1n) is 11.3. The molecule has 33 heavy (non-hydrogen) atoms. The van der Waals surface area contributed by atoms with Crippen molar-refractivity contribution in [3.63, 3.8) is 0 Å². The SMILES string of the molecule is Cn1cc(-c2ccc3nnc(Sc4ccc5ncc(CC6CCNCC6)cc5c4)n3c2)cn1. The van der Waals surface area contributed by atoms with Crippen LogP contribution >= 0.6 is 11.8 Å². The number of aryl methyl sites for hydroxylation is 1. The summed E-state index contributed by atoms with van der Waals surface area (Å²) in [5, 5.41) is 18.5. The van der Waals surface area contributed by atoms with Crippen LogP contribution in [0.25, 0.3) is 27.7 Å². The minimum atomic E-state index is 0.749. The van der Waals surface area contributed by atoms with Crippen LogP contribution in [0.1, 0.15) is 18.4 Å². The lowest BCUT2D eigenvalue weighted by molar-refractivity contribution is 0.372. The second kappa shape index (κ2) is 8.61. The van der Waals surface area contributed by atoms with Crippen molar-refractivity contribution in [3.05, 3.63) is 66.7 Å². The van der Waals surface area contributed by atoms with Crippen LogP contribution in [0.5, 0.6) is 0 Å². The summed E-state index contributed by atoms with van der Waals surface area (Å²) in [5.41, 5.74) is 5.34. The van der Waals surface area contributed by atoms with E-state index in [-0.39, 0.29) is 0 Å². The summed E-state index contributed by atoms with van der Waals surface area (Å²) in [4.78, 5) is 5.85. The van der Waals surface area contributed by atoms with E-state index in [1.54, 1.807) is 11.8 Å². The first-order chi connectivity index (χ1) is 16.2. The molecule has 1 fully saturated rings. The van der Waals surface area contributed by atoms with Crippen LogP contribution in [0.4, 0.5) is 0 Å². The van der Waals surface area contributed by atoms with Crippen molar-refractivity contribution in [3.8, 4) is 11.1 Å². The number of rotatable bonds is 5. The Bertz CT molecular complexity index is 1430. The van der Waals surface area contributed by atoms with Gasteiger partial charge in [0.05, 0.1) is 11.7 Å². The van der Waals surface area contributed by atoms with Gasteiger partial charge < -0.3 is 5.32 Å². The maximum atomic E-state index is 4.72. The summed E-state index contributed by atoms with van der Waals surface area (Å²) in [6.07, 6.45) is 11.6. The molecular formula is C25H25N7S. The molecule has 0 aliphatic carbocycles. The van der Waals surface area contributed by atoms with Gasteiger partial charge in [0.2, 0.25) is 0 Å². The second-order valence-corrected chi connectivity index (χ2v) is 9.77. The van der Waals surface area contributed by atoms with Gasteiger partial charge in [-0.1, -0.05) is 0 Å². The molecular weight excluding hydrogens is 430 g/mol. The van der Waals surface area contributed by atoms with Crippen molar-refractivity contribution in [1.29, 1.82) is 0 Å². The Balaban J connectivity index is 1.28. The zero-order valence-corrected chi connectivity index (χ0v) is 19.3. The highest BCUT2D eigenvalue weighted by atomic mass is 32.2. The summed E-state index contributed by atoms with van der Waals surface area (Å²) in [7, 11) is 1.93. The number of nitrogens with zero attached hydrogens (tertiary/aromatic N) is 6. The first-order valence-corrected chi connectivity index (χ1v) is 12.1. The third-order valence-electron chi connectivity index (χ3n) is 6.31. The summed E-state index contributed by atoms with van der Waals surface area (Å²) in [5.74, 6) is 0.749. The molecule has 5 heterocycles. The number of pyridine rings is 2. The number of piperidine rings is 1. The van der Waals surface area contributed by atoms with Crippen LogP contribution in [0.2, 0.25) is 0 Å². The van der Waals surface area contributed by atoms with Gasteiger partial charge in [0, 0.05) is 47.0 Å². The number of nitrogens with one attached hydrogen (secondary N) is 1. The predicted octanol–water partition coefficient (Wildman–Crippen LogP) is 4.37. The Morgan fingerprint density at radius 3 is 2.76 bits per heavy atom. The van der Waals surface area contributed by atoms with Gasteiger partial charge in [-0.3, -0.25) is 14.1 Å². The Kier molecular flexibility index (Phi) is 5.32. The van der Waals surface area contributed by atoms with Gasteiger partial charge >= 0.3 is 0 Å². The number of benzene rings is 1. The van der Waals surface area contributed by atoms with Gasteiger partial charge in [-0.2, -0.15) is 5.10 Å². The molecule has 1 N–H and O–H groups in total. The Morgan fingerprint density at radius 1 is 1.00 bits per heavy atom. The minimum Gasteiger partial charge on any atom is -0.317 e. The molecule has 4 aromatic heterocycles. The maximum Gasteiger partial charge on any atom is 0.200 e. The Morgan fingerprint density at radius 2 is 1.91 bits per heavy atom. The second-order valence-electron chi connectivity index (χ2n) is 8.73. The lowest BCUT2D eigenvalue weighted by Gasteiger charge is -2.22.